The van der Waals surface area contributed by atoms with Crippen LogP contribution in [0.4, 0.5) is 0 Å². The molecule has 1 atom stereocenters. The van der Waals surface area contributed by atoms with Crippen LogP contribution in [0.15, 0.2) is 34.8 Å². The molecule has 0 unspecified atom stereocenters. The number of hydrogen-bond donors (Lipinski definition) is 1. The molecule has 2 fully saturated rings. The van der Waals surface area contributed by atoms with E-state index in [1.165, 1.54) is 0 Å². The molecule has 3 heterocycles. The second-order valence-corrected chi connectivity index (χ2v) is 7.26. The van der Waals surface area contributed by atoms with Gasteiger partial charge >= 0.3 is 0 Å². The van der Waals surface area contributed by atoms with Gasteiger partial charge in [0.05, 0.1) is 24.9 Å². The average Bonchev–Trinajstić information content (AvgIpc) is 3.34. The number of carbonyl (C=O) groups is 1. The van der Waals surface area contributed by atoms with Crippen molar-refractivity contribution < 1.29 is 14.3 Å². The molecule has 0 aliphatic carbocycles. The summed E-state index contributed by atoms with van der Waals surface area (Å²) in [5.41, 5.74) is 2.23. The number of nitrogens with zero attached hydrogens (tertiary/aromatic N) is 2. The molecule has 2 aliphatic heterocycles. The summed E-state index contributed by atoms with van der Waals surface area (Å²) in [6.07, 6.45) is 2.69. The molecule has 6 nitrogen and oxygen atoms in total. The molecule has 0 spiro atoms. The molecule has 1 aromatic carbocycles. The fourth-order valence-corrected chi connectivity index (χ4v) is 3.71. The van der Waals surface area contributed by atoms with E-state index in [2.05, 4.69) is 26.1 Å². The zero-order chi connectivity index (χ0) is 17.2. The number of rotatable bonds is 3. The van der Waals surface area contributed by atoms with Gasteiger partial charge in [-0.3, -0.25) is 9.89 Å². The van der Waals surface area contributed by atoms with E-state index >= 15 is 0 Å². The minimum Gasteiger partial charge on any atom is -0.348 e. The fourth-order valence-electron chi connectivity index (χ4n) is 3.45. The number of carbonyl (C=O) groups excluding carboxylic acids is 1. The topological polar surface area (TPSA) is 67.5 Å². The molecule has 2 aliphatic rings. The van der Waals surface area contributed by atoms with Crippen LogP contribution < -0.4 is 0 Å². The van der Waals surface area contributed by atoms with E-state index in [0.29, 0.717) is 18.9 Å². The van der Waals surface area contributed by atoms with Gasteiger partial charge in [0.25, 0.3) is 5.91 Å². The lowest BCUT2D eigenvalue weighted by molar-refractivity contribution is -0.100. The van der Waals surface area contributed by atoms with Crippen LogP contribution in [0.25, 0.3) is 11.3 Å². The molecule has 1 aromatic heterocycles. The first-order chi connectivity index (χ1) is 12.2. The quantitative estimate of drug-likeness (QED) is 0.850. The Kier molecular flexibility index (Phi) is 4.87. The van der Waals surface area contributed by atoms with Crippen molar-refractivity contribution in [3.63, 3.8) is 0 Å². The van der Waals surface area contributed by atoms with Gasteiger partial charge in [0.15, 0.2) is 6.29 Å². The summed E-state index contributed by atoms with van der Waals surface area (Å²) in [6, 6.07) is 9.65. The summed E-state index contributed by atoms with van der Waals surface area (Å²) in [6.45, 7) is 1.92. The highest BCUT2D eigenvalue weighted by atomic mass is 79.9. The number of hydrogen-bond acceptors (Lipinski definition) is 4. The molecule has 1 N–H and O–H groups in total. The van der Waals surface area contributed by atoms with Crippen molar-refractivity contribution in [1.82, 2.24) is 15.1 Å². The molecule has 0 radical (unpaired) electrons. The number of likely N-dealkylation sites (tertiary alicyclic amines) is 1. The molecule has 132 valence electrons. The predicted octanol–water partition coefficient (Wildman–Crippen LogP) is 3.21. The third-order valence-electron chi connectivity index (χ3n) is 4.72. The molecule has 1 amide bonds. The van der Waals surface area contributed by atoms with Crippen LogP contribution in [0.2, 0.25) is 0 Å². The van der Waals surface area contributed by atoms with Gasteiger partial charge in [0, 0.05) is 16.6 Å². The number of benzene rings is 1. The molecular formula is C18H20BrN3O3. The van der Waals surface area contributed by atoms with Crippen molar-refractivity contribution in [3.05, 3.63) is 40.5 Å². The number of aromatic amines is 1. The molecule has 2 aromatic rings. The van der Waals surface area contributed by atoms with Gasteiger partial charge in [0.2, 0.25) is 0 Å². The second kappa shape index (κ2) is 7.27. The number of H-pyrrole nitrogens is 1. The molecular weight excluding hydrogens is 386 g/mol. The molecule has 0 bridgehead atoms. The van der Waals surface area contributed by atoms with Gasteiger partial charge in [-0.2, -0.15) is 5.10 Å². The van der Waals surface area contributed by atoms with Crippen LogP contribution in [0.1, 0.15) is 29.8 Å². The van der Waals surface area contributed by atoms with E-state index in [1.54, 1.807) is 0 Å². The van der Waals surface area contributed by atoms with Crippen molar-refractivity contribution in [1.29, 1.82) is 0 Å². The summed E-state index contributed by atoms with van der Waals surface area (Å²) in [5.74, 6) is -0.0420. The van der Waals surface area contributed by atoms with Gasteiger partial charge in [0.1, 0.15) is 5.69 Å². The lowest BCUT2D eigenvalue weighted by Crippen LogP contribution is -2.50. The van der Waals surface area contributed by atoms with Crippen LogP contribution in [-0.4, -0.2) is 53.1 Å². The number of aromatic nitrogens is 2. The summed E-state index contributed by atoms with van der Waals surface area (Å²) >= 11 is 3.42. The second-order valence-electron chi connectivity index (χ2n) is 6.35. The Hall–Kier alpha value is -1.70. The monoisotopic (exact) mass is 405 g/mol. The number of amides is 1. The first-order valence-corrected chi connectivity index (χ1v) is 9.37. The van der Waals surface area contributed by atoms with Crippen molar-refractivity contribution in [2.75, 3.05) is 19.8 Å². The van der Waals surface area contributed by atoms with Crippen LogP contribution in [-0.2, 0) is 9.47 Å². The van der Waals surface area contributed by atoms with Gasteiger partial charge in [-0.25, -0.2) is 0 Å². The largest absolute Gasteiger partial charge is 0.348 e. The molecule has 0 saturated carbocycles. The highest BCUT2D eigenvalue weighted by Crippen LogP contribution is 2.27. The Labute approximate surface area is 154 Å². The standard InChI is InChI=1S/C18H20BrN3O3/c19-13-6-4-12(5-7-13)14-11-15(21-20-14)17(23)22-8-2-1-3-16(22)18-24-9-10-25-18/h4-7,11,16,18H,1-3,8-10H2,(H,20,21)/t16-/m1/s1. The van der Waals surface area contributed by atoms with E-state index in [1.807, 2.05) is 35.2 Å². The number of nitrogens with one attached hydrogen (secondary N) is 1. The lowest BCUT2D eigenvalue weighted by atomic mass is 10.0. The first kappa shape index (κ1) is 16.8. The molecule has 4 rings (SSSR count). The van der Waals surface area contributed by atoms with E-state index in [0.717, 1.165) is 41.5 Å². The zero-order valence-electron chi connectivity index (χ0n) is 13.8. The minimum absolute atomic E-state index is 0.0248. The Bertz CT molecular complexity index is 740. The number of halogens is 1. The third-order valence-corrected chi connectivity index (χ3v) is 5.25. The smallest absolute Gasteiger partial charge is 0.272 e. The summed E-state index contributed by atoms with van der Waals surface area (Å²) in [7, 11) is 0. The third kappa shape index (κ3) is 3.49. The maximum absolute atomic E-state index is 13.0. The normalized spacial score (nSPS) is 21.6. The van der Waals surface area contributed by atoms with Crippen molar-refractivity contribution in [3.8, 4) is 11.3 Å². The van der Waals surface area contributed by atoms with Crippen LogP contribution in [0, 0.1) is 0 Å². The Morgan fingerprint density at radius 1 is 1.20 bits per heavy atom. The van der Waals surface area contributed by atoms with E-state index in [4.69, 9.17) is 9.47 Å². The van der Waals surface area contributed by atoms with Crippen molar-refractivity contribution >= 4 is 21.8 Å². The highest BCUT2D eigenvalue weighted by molar-refractivity contribution is 9.10. The SMILES string of the molecule is O=C(c1cc(-c2ccc(Br)cc2)n[nH]1)N1CCCC[C@@H]1C1OCCO1. The van der Waals surface area contributed by atoms with E-state index in [9.17, 15) is 4.79 Å². The Morgan fingerprint density at radius 3 is 2.72 bits per heavy atom. The maximum Gasteiger partial charge on any atom is 0.272 e. The number of piperidine rings is 1. The van der Waals surface area contributed by atoms with Crippen molar-refractivity contribution in [2.45, 2.75) is 31.6 Å². The fraction of sp³-hybridized carbons (Fsp3) is 0.444. The highest BCUT2D eigenvalue weighted by Gasteiger charge is 2.37. The zero-order valence-corrected chi connectivity index (χ0v) is 15.4. The van der Waals surface area contributed by atoms with Gasteiger partial charge in [-0.15, -0.1) is 0 Å². The van der Waals surface area contributed by atoms with Crippen LogP contribution in [0.5, 0.6) is 0 Å². The summed E-state index contributed by atoms with van der Waals surface area (Å²) in [5, 5.41) is 7.20. The maximum atomic E-state index is 13.0. The molecule has 25 heavy (non-hydrogen) atoms. The summed E-state index contributed by atoms with van der Waals surface area (Å²) in [4.78, 5) is 14.9. The Balaban J connectivity index is 1.54. The van der Waals surface area contributed by atoms with E-state index in [-0.39, 0.29) is 18.2 Å². The van der Waals surface area contributed by atoms with Gasteiger partial charge in [-0.05, 0) is 37.5 Å². The predicted molar refractivity (Wildman–Crippen MR) is 96.1 cm³/mol. The lowest BCUT2D eigenvalue weighted by Gasteiger charge is -2.37. The first-order valence-electron chi connectivity index (χ1n) is 8.58. The Morgan fingerprint density at radius 2 is 1.96 bits per heavy atom. The molecule has 7 heteroatoms. The minimum atomic E-state index is -0.307. The summed E-state index contributed by atoms with van der Waals surface area (Å²) < 4.78 is 12.3. The van der Waals surface area contributed by atoms with Gasteiger partial charge in [-0.1, -0.05) is 28.1 Å². The number of ether oxygens (including phenoxy) is 2. The van der Waals surface area contributed by atoms with Crippen molar-refractivity contribution in [2.24, 2.45) is 0 Å². The van der Waals surface area contributed by atoms with Gasteiger partial charge < -0.3 is 14.4 Å². The van der Waals surface area contributed by atoms with Crippen LogP contribution >= 0.6 is 15.9 Å². The van der Waals surface area contributed by atoms with Crippen LogP contribution in [0.3, 0.4) is 0 Å². The van der Waals surface area contributed by atoms with E-state index < -0.39 is 0 Å². The average molecular weight is 406 g/mol. The molecule has 2 saturated heterocycles.